The smallest absolute Gasteiger partial charge is 0.264 e. The average molecular weight is 1080 g/mol. The van der Waals surface area contributed by atoms with E-state index in [0.29, 0.717) is 0 Å². The van der Waals surface area contributed by atoms with Crippen molar-refractivity contribution in [2.75, 3.05) is 14.7 Å². The molecule has 0 saturated carbocycles. The van der Waals surface area contributed by atoms with Gasteiger partial charge < -0.3 is 19.1 Å². The van der Waals surface area contributed by atoms with Gasteiger partial charge in [-0.25, -0.2) is 0 Å². The number of benzene rings is 7. The predicted molar refractivity (Wildman–Crippen MR) is 349 cm³/mol. The maximum Gasteiger partial charge on any atom is 0.264 e. The summed E-state index contributed by atoms with van der Waals surface area (Å²) >= 11 is 2.07. The molecule has 0 fully saturated rings. The number of furan rings is 1. The van der Waals surface area contributed by atoms with Crippen LogP contribution >= 0.6 is 11.3 Å². The Labute approximate surface area is 486 Å². The number of hydrogen-bond acceptors (Lipinski definition) is 5. The largest absolute Gasteiger partial charge is 0.456 e. The van der Waals surface area contributed by atoms with Crippen LogP contribution in [-0.2, 0) is 33.5 Å². The van der Waals surface area contributed by atoms with E-state index in [1.165, 1.54) is 118 Å². The Morgan fingerprint density at radius 2 is 1.21 bits per heavy atom. The van der Waals surface area contributed by atoms with Crippen LogP contribution in [0.4, 0.5) is 34.1 Å². The van der Waals surface area contributed by atoms with Crippen molar-refractivity contribution >= 4 is 94.4 Å². The van der Waals surface area contributed by atoms with Gasteiger partial charge in [-0.3, -0.25) is 0 Å². The predicted octanol–water partition coefficient (Wildman–Crippen LogP) is 19.6. The van der Waals surface area contributed by atoms with Crippen LogP contribution in [0.1, 0.15) is 162 Å². The molecule has 4 heterocycles. The number of rotatable bonds is 5. The standard InChI is InChI=1S/C75H80BN3OS/c1-70(2,3)47-29-33-59-58(39-47)76-67-61(78(51-30-32-55-57(41-51)75(13,14)37-36-73(55,9)10)68-54-38-46-45-72(7,8)34-35-74(11,12)56(46)44-65(54)81-69(68)76)42-52(77(49-22-17-15-18-23-49)50-24-19-16-20-25-50)43-62(67)79(59)60-26-21-27-63-66(60)53-31-28-48(71(4,5)6)40-64(53)80-63/h15-33,38-42,44,52H,34-37,43,45H2,1-14H3. The number of para-hydroxylation sites is 2. The quantitative estimate of drug-likeness (QED) is 0.127. The first-order valence-electron chi connectivity index (χ1n) is 30.2. The normalized spacial score (nSPS) is 19.7. The molecule has 1 atom stereocenters. The van der Waals surface area contributed by atoms with Gasteiger partial charge in [0.25, 0.3) is 6.71 Å². The minimum absolute atomic E-state index is 0.0156. The van der Waals surface area contributed by atoms with Crippen molar-refractivity contribution < 1.29 is 4.42 Å². The van der Waals surface area contributed by atoms with E-state index in [1.807, 2.05) is 0 Å². The molecule has 2 aromatic heterocycles. The Morgan fingerprint density at radius 3 is 1.90 bits per heavy atom. The van der Waals surface area contributed by atoms with Gasteiger partial charge in [0.1, 0.15) is 11.2 Å². The van der Waals surface area contributed by atoms with E-state index in [-0.39, 0.29) is 45.2 Å². The summed E-state index contributed by atoms with van der Waals surface area (Å²) < 4.78 is 9.83. The van der Waals surface area contributed by atoms with E-state index in [9.17, 15) is 0 Å². The van der Waals surface area contributed by atoms with E-state index in [4.69, 9.17) is 4.42 Å². The monoisotopic (exact) mass is 1080 g/mol. The lowest BCUT2D eigenvalue weighted by atomic mass is 9.34. The molecule has 9 aromatic rings. The summed E-state index contributed by atoms with van der Waals surface area (Å²) in [7, 11) is 0. The van der Waals surface area contributed by atoms with Gasteiger partial charge in [0, 0.05) is 60.8 Å². The maximum absolute atomic E-state index is 7.00. The van der Waals surface area contributed by atoms with E-state index in [1.54, 1.807) is 0 Å². The summed E-state index contributed by atoms with van der Waals surface area (Å²) in [4.78, 5) is 8.11. The third-order valence-corrected chi connectivity index (χ3v) is 21.1. The zero-order valence-electron chi connectivity index (χ0n) is 50.5. The van der Waals surface area contributed by atoms with Gasteiger partial charge in [-0.2, -0.15) is 0 Å². The van der Waals surface area contributed by atoms with Crippen LogP contribution in [0.15, 0.2) is 173 Å². The molecule has 0 N–H and O–H groups in total. The molecule has 410 valence electrons. The van der Waals surface area contributed by atoms with Crippen molar-refractivity contribution in [3.63, 3.8) is 0 Å². The molecular formula is C75H80BN3OS. The summed E-state index contributed by atoms with van der Waals surface area (Å²) in [6.45, 7) is 33.9. The van der Waals surface area contributed by atoms with Gasteiger partial charge in [0.2, 0.25) is 0 Å². The van der Waals surface area contributed by atoms with Gasteiger partial charge in [-0.15, -0.1) is 11.3 Å². The first-order chi connectivity index (χ1) is 38.4. The molecular weight excluding hydrogens is 1000 g/mol. The Bertz CT molecular complexity index is 4080. The summed E-state index contributed by atoms with van der Waals surface area (Å²) in [6, 6.07) is 56.5. The van der Waals surface area contributed by atoms with Crippen LogP contribution in [-0.4, -0.2) is 12.8 Å². The summed E-state index contributed by atoms with van der Waals surface area (Å²) in [5.41, 5.74) is 23.5. The maximum atomic E-state index is 7.00. The minimum atomic E-state index is -0.0778. The van der Waals surface area contributed by atoms with Crippen LogP contribution in [0.2, 0.25) is 0 Å². The van der Waals surface area contributed by atoms with Crippen molar-refractivity contribution in [2.45, 2.75) is 169 Å². The van der Waals surface area contributed by atoms with Crippen molar-refractivity contribution in [3.05, 3.63) is 202 Å². The molecule has 1 unspecified atom stereocenters. The highest BCUT2D eigenvalue weighted by molar-refractivity contribution is 7.32. The van der Waals surface area contributed by atoms with Crippen LogP contribution in [0.25, 0.3) is 32.0 Å². The highest BCUT2D eigenvalue weighted by Gasteiger charge is 2.51. The van der Waals surface area contributed by atoms with Gasteiger partial charge in [-0.05, 0) is 188 Å². The van der Waals surface area contributed by atoms with E-state index in [0.717, 1.165) is 46.9 Å². The molecule has 0 amide bonds. The molecule has 0 bridgehead atoms. The Hall–Kier alpha value is -6.76. The third kappa shape index (κ3) is 8.33. The van der Waals surface area contributed by atoms with Crippen molar-refractivity contribution in [1.82, 2.24) is 0 Å². The molecule has 7 aromatic carbocycles. The number of nitrogens with zero attached hydrogens (tertiary/aromatic N) is 3. The van der Waals surface area contributed by atoms with Crippen LogP contribution < -0.4 is 24.9 Å². The highest BCUT2D eigenvalue weighted by Crippen LogP contribution is 2.56. The number of anilines is 6. The molecule has 81 heavy (non-hydrogen) atoms. The molecule has 3 aliphatic carbocycles. The first-order valence-corrected chi connectivity index (χ1v) is 31.0. The second-order valence-corrected chi connectivity index (χ2v) is 30.7. The van der Waals surface area contributed by atoms with Gasteiger partial charge >= 0.3 is 0 Å². The fraction of sp³-hybridized carbons (Fsp3) is 0.360. The molecule has 5 aliphatic rings. The number of allylic oxidation sites excluding steroid dienone is 1. The fourth-order valence-corrected chi connectivity index (χ4v) is 16.4. The van der Waals surface area contributed by atoms with Crippen molar-refractivity contribution in [3.8, 4) is 0 Å². The Kier molecular flexibility index (Phi) is 11.5. The summed E-state index contributed by atoms with van der Waals surface area (Å²) in [5, 5.41) is 3.68. The molecule has 2 aliphatic heterocycles. The van der Waals surface area contributed by atoms with Crippen LogP contribution in [0.3, 0.4) is 0 Å². The highest BCUT2D eigenvalue weighted by atomic mass is 32.1. The van der Waals surface area contributed by atoms with E-state index < -0.39 is 0 Å². The lowest BCUT2D eigenvalue weighted by molar-refractivity contribution is 0.304. The topological polar surface area (TPSA) is 22.9 Å². The fourth-order valence-electron chi connectivity index (χ4n) is 15.0. The zero-order valence-corrected chi connectivity index (χ0v) is 51.3. The van der Waals surface area contributed by atoms with Gasteiger partial charge in [0.15, 0.2) is 0 Å². The lowest BCUT2D eigenvalue weighted by Gasteiger charge is -2.49. The van der Waals surface area contributed by atoms with Gasteiger partial charge in [-0.1, -0.05) is 170 Å². The molecule has 0 radical (unpaired) electrons. The summed E-state index contributed by atoms with van der Waals surface area (Å²) in [6.07, 6.45) is 9.26. The van der Waals surface area contributed by atoms with Crippen LogP contribution in [0, 0.1) is 5.41 Å². The van der Waals surface area contributed by atoms with Crippen molar-refractivity contribution in [1.29, 1.82) is 0 Å². The molecule has 0 spiro atoms. The minimum Gasteiger partial charge on any atom is -0.456 e. The van der Waals surface area contributed by atoms with Crippen LogP contribution in [0.5, 0.6) is 0 Å². The number of fused-ring (bicyclic) bond motifs is 11. The molecule has 0 saturated heterocycles. The third-order valence-electron chi connectivity index (χ3n) is 19.9. The molecule has 6 heteroatoms. The van der Waals surface area contributed by atoms with E-state index in [2.05, 4.69) is 275 Å². The second-order valence-electron chi connectivity index (χ2n) is 29.6. The second kappa shape index (κ2) is 17.9. The van der Waals surface area contributed by atoms with E-state index >= 15 is 0 Å². The number of hydrogen-bond donors (Lipinski definition) is 0. The zero-order chi connectivity index (χ0) is 56.5. The Morgan fingerprint density at radius 1 is 0.568 bits per heavy atom. The molecule has 14 rings (SSSR count). The Balaban J connectivity index is 1.13. The first kappa shape index (κ1) is 52.3. The van der Waals surface area contributed by atoms with Crippen molar-refractivity contribution in [2.24, 2.45) is 5.41 Å². The number of thiophene rings is 1. The summed E-state index contributed by atoms with van der Waals surface area (Å²) in [5.74, 6) is 0. The SMILES string of the molecule is CC1(C)CCC(C)(C)c2cc3sc4c(c3cc2C1)N(c1ccc2c(c1)C(C)(C)CCC2(C)C)C1=CC(N(c2ccccc2)c2ccccc2)CC2=C1B4c1cc(C(C)(C)C)ccc1N2c1cccc2oc3cc(C(C)(C)C)ccc3c12. The average Bonchev–Trinajstić information content (AvgIpc) is 3.67. The van der Waals surface area contributed by atoms with Gasteiger partial charge in [0.05, 0.1) is 22.8 Å². The lowest BCUT2D eigenvalue weighted by Crippen LogP contribution is -2.57. The molecule has 4 nitrogen and oxygen atoms in total.